The summed E-state index contributed by atoms with van der Waals surface area (Å²) >= 11 is 1.44. The Morgan fingerprint density at radius 3 is 2.67 bits per heavy atom. The molecule has 0 atom stereocenters. The molecule has 1 aliphatic rings. The molecule has 2 N–H and O–H groups in total. The quantitative estimate of drug-likeness (QED) is 0.342. The van der Waals surface area contributed by atoms with Gasteiger partial charge in [0.25, 0.3) is 11.8 Å². The summed E-state index contributed by atoms with van der Waals surface area (Å²) in [4.78, 5) is 27.4. The van der Waals surface area contributed by atoms with Crippen LogP contribution < -0.4 is 20.1 Å². The molecule has 1 aromatic carbocycles. The van der Waals surface area contributed by atoms with E-state index in [9.17, 15) is 9.59 Å². The molecule has 3 heterocycles. The lowest BCUT2D eigenvalue weighted by Gasteiger charge is -2.13. The Balaban J connectivity index is 1.37. The number of carbonyl (C=O) groups excluding carboxylic acids is 2. The zero-order valence-corrected chi connectivity index (χ0v) is 20.7. The fourth-order valence-corrected chi connectivity index (χ4v) is 5.52. The van der Waals surface area contributed by atoms with E-state index in [4.69, 9.17) is 18.4 Å². The third kappa shape index (κ3) is 4.72. The van der Waals surface area contributed by atoms with E-state index in [1.165, 1.54) is 11.3 Å². The Kier molecular flexibility index (Phi) is 6.77. The van der Waals surface area contributed by atoms with Gasteiger partial charge < -0.3 is 29.0 Å². The Labute approximate surface area is 211 Å². The molecule has 1 aliphatic carbocycles. The Bertz CT molecular complexity index is 1390. The van der Waals surface area contributed by atoms with E-state index in [2.05, 4.69) is 15.8 Å². The second-order valence-corrected chi connectivity index (χ2v) is 9.38. The van der Waals surface area contributed by atoms with E-state index in [1.54, 1.807) is 56.9 Å². The Hall–Kier alpha value is -4.05. The van der Waals surface area contributed by atoms with Crippen LogP contribution in [0.2, 0.25) is 0 Å². The van der Waals surface area contributed by atoms with E-state index in [-0.39, 0.29) is 18.1 Å². The van der Waals surface area contributed by atoms with Crippen LogP contribution in [0, 0.1) is 0 Å². The number of ether oxygens (including phenoxy) is 2. The number of nitrogens with zero attached hydrogens (tertiary/aromatic N) is 1. The highest BCUT2D eigenvalue weighted by Crippen LogP contribution is 2.38. The smallest absolute Gasteiger partial charge is 0.278 e. The van der Waals surface area contributed by atoms with Crippen LogP contribution in [-0.4, -0.2) is 31.2 Å². The minimum Gasteiger partial charge on any atom is -0.493 e. The predicted octanol–water partition coefficient (Wildman–Crippen LogP) is 5.07. The van der Waals surface area contributed by atoms with Crippen LogP contribution >= 0.6 is 11.3 Å². The number of anilines is 1. The van der Waals surface area contributed by atoms with Crippen molar-refractivity contribution in [2.45, 2.75) is 32.2 Å². The van der Waals surface area contributed by atoms with Crippen molar-refractivity contribution in [3.05, 3.63) is 70.1 Å². The first-order valence-corrected chi connectivity index (χ1v) is 12.3. The van der Waals surface area contributed by atoms with Crippen molar-refractivity contribution >= 4 is 28.2 Å². The minimum atomic E-state index is -0.454. The largest absolute Gasteiger partial charge is 0.493 e. The van der Waals surface area contributed by atoms with Crippen molar-refractivity contribution in [2.24, 2.45) is 0 Å². The van der Waals surface area contributed by atoms with Crippen LogP contribution in [0.25, 0.3) is 11.3 Å². The van der Waals surface area contributed by atoms with Gasteiger partial charge in [0.1, 0.15) is 10.8 Å². The average molecular weight is 508 g/mol. The van der Waals surface area contributed by atoms with Gasteiger partial charge in [0.05, 0.1) is 32.6 Å². The van der Waals surface area contributed by atoms with E-state index in [0.29, 0.717) is 39.1 Å². The third-order valence-corrected chi connectivity index (χ3v) is 7.25. The molecule has 186 valence electrons. The van der Waals surface area contributed by atoms with Gasteiger partial charge in [-0.25, -0.2) is 0 Å². The molecule has 0 spiro atoms. The van der Waals surface area contributed by atoms with Gasteiger partial charge in [-0.1, -0.05) is 5.16 Å². The lowest BCUT2D eigenvalue weighted by atomic mass is 9.95. The van der Waals surface area contributed by atoms with Crippen molar-refractivity contribution < 1.29 is 28.0 Å². The van der Waals surface area contributed by atoms with Crippen molar-refractivity contribution in [3.63, 3.8) is 0 Å². The molecular weight excluding hydrogens is 482 g/mol. The number of hydrogen-bond donors (Lipinski definition) is 2. The second-order valence-electron chi connectivity index (χ2n) is 8.28. The highest BCUT2D eigenvalue weighted by Gasteiger charge is 2.27. The van der Waals surface area contributed by atoms with E-state index < -0.39 is 5.91 Å². The SMILES string of the molecule is COc1ccc(-c2cc(C(=O)Nc3sc4c(c3C(=O)NCc3ccco3)CCCC4)no2)cc1OC. The normalized spacial score (nSPS) is 12.6. The second kappa shape index (κ2) is 10.3. The number of nitrogens with one attached hydrogen (secondary N) is 2. The van der Waals surface area contributed by atoms with E-state index in [1.807, 2.05) is 0 Å². The Morgan fingerprint density at radius 1 is 1.06 bits per heavy atom. The molecule has 5 rings (SSSR count). The number of fused-ring (bicyclic) bond motifs is 1. The van der Waals surface area contributed by atoms with Crippen LogP contribution in [0.5, 0.6) is 11.5 Å². The highest BCUT2D eigenvalue weighted by molar-refractivity contribution is 7.17. The Morgan fingerprint density at radius 2 is 1.89 bits per heavy atom. The summed E-state index contributed by atoms with van der Waals surface area (Å²) in [6.07, 6.45) is 5.33. The van der Waals surface area contributed by atoms with Gasteiger partial charge in [-0.3, -0.25) is 9.59 Å². The monoisotopic (exact) mass is 507 g/mol. The maximum Gasteiger partial charge on any atom is 0.278 e. The van der Waals surface area contributed by atoms with Gasteiger partial charge in [0, 0.05) is 16.5 Å². The number of thiophene rings is 1. The first kappa shape index (κ1) is 23.7. The van der Waals surface area contributed by atoms with Gasteiger partial charge >= 0.3 is 0 Å². The molecule has 0 aliphatic heterocycles. The van der Waals surface area contributed by atoms with Gasteiger partial charge in [-0.15, -0.1) is 11.3 Å². The van der Waals surface area contributed by atoms with E-state index >= 15 is 0 Å². The molecule has 0 bridgehead atoms. The van der Waals surface area contributed by atoms with Crippen LogP contribution in [0.1, 0.15) is 49.9 Å². The molecule has 9 nitrogen and oxygen atoms in total. The van der Waals surface area contributed by atoms with Gasteiger partial charge in [0.2, 0.25) is 0 Å². The van der Waals surface area contributed by atoms with Crippen molar-refractivity contribution in [2.75, 3.05) is 19.5 Å². The highest BCUT2D eigenvalue weighted by atomic mass is 32.1. The van der Waals surface area contributed by atoms with Crippen molar-refractivity contribution in [1.29, 1.82) is 0 Å². The van der Waals surface area contributed by atoms with Gasteiger partial charge in [-0.2, -0.15) is 0 Å². The number of carbonyl (C=O) groups is 2. The molecule has 0 saturated carbocycles. The van der Waals surface area contributed by atoms with Crippen LogP contribution in [0.4, 0.5) is 5.00 Å². The number of furan rings is 1. The van der Waals surface area contributed by atoms with Crippen LogP contribution in [0.3, 0.4) is 0 Å². The van der Waals surface area contributed by atoms with Crippen molar-refractivity contribution in [1.82, 2.24) is 10.5 Å². The van der Waals surface area contributed by atoms with Gasteiger partial charge in [-0.05, 0) is 61.6 Å². The predicted molar refractivity (Wildman–Crippen MR) is 134 cm³/mol. The fraction of sp³-hybridized carbons (Fsp3) is 0.269. The number of hydrogen-bond acceptors (Lipinski definition) is 8. The first-order chi connectivity index (χ1) is 17.6. The summed E-state index contributed by atoms with van der Waals surface area (Å²) in [6, 6.07) is 10.4. The first-order valence-electron chi connectivity index (χ1n) is 11.5. The summed E-state index contributed by atoms with van der Waals surface area (Å²) in [5.74, 6) is 1.48. The molecule has 2 amide bonds. The maximum absolute atomic E-state index is 13.2. The topological polar surface area (TPSA) is 116 Å². The van der Waals surface area contributed by atoms with E-state index in [0.717, 1.165) is 36.1 Å². The molecule has 36 heavy (non-hydrogen) atoms. The number of aryl methyl sites for hydroxylation is 1. The molecule has 0 unspecified atom stereocenters. The molecule has 3 aromatic heterocycles. The molecular formula is C26H25N3O6S. The standard InChI is InChI=1S/C26H25N3O6S/c1-32-19-10-9-15(12-21(19)33-2)20-13-18(29-35-20)24(30)28-26-23(17-7-3-4-8-22(17)36-26)25(31)27-14-16-6-5-11-34-16/h5-6,9-13H,3-4,7-8,14H2,1-2H3,(H,27,31)(H,28,30). The maximum atomic E-state index is 13.2. The molecule has 0 fully saturated rings. The van der Waals surface area contributed by atoms with Crippen LogP contribution in [-0.2, 0) is 19.4 Å². The zero-order valence-electron chi connectivity index (χ0n) is 19.9. The number of aromatic nitrogens is 1. The minimum absolute atomic E-state index is 0.105. The third-order valence-electron chi connectivity index (χ3n) is 6.04. The number of amides is 2. The molecule has 0 saturated heterocycles. The number of methoxy groups -OCH3 is 2. The molecule has 10 heteroatoms. The summed E-state index contributed by atoms with van der Waals surface area (Å²) < 4.78 is 21.4. The summed E-state index contributed by atoms with van der Waals surface area (Å²) in [5, 5.41) is 10.3. The summed E-state index contributed by atoms with van der Waals surface area (Å²) in [5.41, 5.74) is 2.31. The van der Waals surface area contributed by atoms with Crippen molar-refractivity contribution in [3.8, 4) is 22.8 Å². The summed E-state index contributed by atoms with van der Waals surface area (Å²) in [7, 11) is 3.10. The molecule has 4 aromatic rings. The average Bonchev–Trinajstić information content (AvgIpc) is 3.66. The number of benzene rings is 1. The lowest BCUT2D eigenvalue weighted by Crippen LogP contribution is -2.25. The molecule has 0 radical (unpaired) electrons. The summed E-state index contributed by atoms with van der Waals surface area (Å²) in [6.45, 7) is 0.266. The number of rotatable bonds is 8. The fourth-order valence-electron chi connectivity index (χ4n) is 4.24. The zero-order chi connectivity index (χ0) is 25.1. The van der Waals surface area contributed by atoms with Crippen LogP contribution in [0.15, 0.2) is 51.6 Å². The lowest BCUT2D eigenvalue weighted by molar-refractivity contribution is 0.0948. The van der Waals surface area contributed by atoms with Gasteiger partial charge in [0.15, 0.2) is 23.0 Å².